The van der Waals surface area contributed by atoms with Gasteiger partial charge >= 0.3 is 0 Å². The zero-order valence-corrected chi connectivity index (χ0v) is 12.1. The molecule has 1 heterocycles. The molecule has 0 spiro atoms. The SMILES string of the molecule is CC(C)OCCN(C)C(C)C(=O)N1CCNCC1. The minimum absolute atomic E-state index is 0.0705. The summed E-state index contributed by atoms with van der Waals surface area (Å²) in [5.74, 6) is 0.226. The Labute approximate surface area is 110 Å². The lowest BCUT2D eigenvalue weighted by Gasteiger charge is -2.33. The quantitative estimate of drug-likeness (QED) is 0.736. The van der Waals surface area contributed by atoms with E-state index in [9.17, 15) is 4.79 Å². The van der Waals surface area contributed by atoms with Crippen LogP contribution >= 0.6 is 0 Å². The maximum Gasteiger partial charge on any atom is 0.239 e. The van der Waals surface area contributed by atoms with Gasteiger partial charge in [-0.1, -0.05) is 0 Å². The van der Waals surface area contributed by atoms with Crippen molar-refractivity contribution in [2.45, 2.75) is 32.9 Å². The van der Waals surface area contributed by atoms with Crippen LogP contribution in [0.3, 0.4) is 0 Å². The molecule has 0 saturated carbocycles. The summed E-state index contributed by atoms with van der Waals surface area (Å²) in [5.41, 5.74) is 0. The highest BCUT2D eigenvalue weighted by atomic mass is 16.5. The number of rotatable bonds is 6. The molecule has 5 nitrogen and oxygen atoms in total. The van der Waals surface area contributed by atoms with Crippen molar-refractivity contribution >= 4 is 5.91 Å². The summed E-state index contributed by atoms with van der Waals surface area (Å²) in [7, 11) is 1.98. The van der Waals surface area contributed by atoms with E-state index in [1.165, 1.54) is 0 Å². The number of nitrogens with one attached hydrogen (secondary N) is 1. The molecule has 1 saturated heterocycles. The van der Waals surface area contributed by atoms with Crippen LogP contribution in [0.25, 0.3) is 0 Å². The molecule has 18 heavy (non-hydrogen) atoms. The molecule has 1 rings (SSSR count). The maximum absolute atomic E-state index is 12.3. The van der Waals surface area contributed by atoms with E-state index in [0.717, 1.165) is 32.7 Å². The maximum atomic E-state index is 12.3. The fraction of sp³-hybridized carbons (Fsp3) is 0.923. The summed E-state index contributed by atoms with van der Waals surface area (Å²) in [6.07, 6.45) is 0.248. The monoisotopic (exact) mass is 257 g/mol. The molecule has 1 unspecified atom stereocenters. The fourth-order valence-corrected chi connectivity index (χ4v) is 1.96. The standard InChI is InChI=1S/C13H27N3O2/c1-11(2)18-10-9-15(4)12(3)13(17)16-7-5-14-6-8-16/h11-12,14H,5-10H2,1-4H3. The van der Waals surface area contributed by atoms with Gasteiger partial charge in [0.2, 0.25) is 5.91 Å². The molecule has 0 radical (unpaired) electrons. The number of piperazine rings is 1. The van der Waals surface area contributed by atoms with Crippen LogP contribution < -0.4 is 5.32 Å². The van der Waals surface area contributed by atoms with Gasteiger partial charge in [-0.05, 0) is 27.8 Å². The van der Waals surface area contributed by atoms with E-state index in [0.29, 0.717) is 6.61 Å². The first-order chi connectivity index (χ1) is 8.52. The number of carbonyl (C=O) groups excluding carboxylic acids is 1. The first-order valence-corrected chi connectivity index (χ1v) is 6.83. The molecule has 0 aromatic heterocycles. The normalized spacial score (nSPS) is 18.4. The molecule has 5 heteroatoms. The Morgan fingerprint density at radius 1 is 1.33 bits per heavy atom. The van der Waals surface area contributed by atoms with Crippen molar-refractivity contribution in [1.82, 2.24) is 15.1 Å². The van der Waals surface area contributed by atoms with Crippen molar-refractivity contribution in [2.24, 2.45) is 0 Å². The van der Waals surface area contributed by atoms with Crippen molar-refractivity contribution in [1.29, 1.82) is 0 Å². The molecule has 1 amide bonds. The fourth-order valence-electron chi connectivity index (χ4n) is 1.96. The van der Waals surface area contributed by atoms with Crippen LogP contribution in [0, 0.1) is 0 Å². The number of likely N-dealkylation sites (N-methyl/N-ethyl adjacent to an activating group) is 1. The van der Waals surface area contributed by atoms with Crippen LogP contribution in [-0.2, 0) is 9.53 Å². The number of hydrogen-bond acceptors (Lipinski definition) is 4. The lowest BCUT2D eigenvalue weighted by atomic mass is 10.2. The summed E-state index contributed by atoms with van der Waals surface area (Å²) in [5, 5.41) is 3.26. The third-order valence-corrected chi connectivity index (χ3v) is 3.34. The molecular formula is C13H27N3O2. The van der Waals surface area contributed by atoms with Crippen molar-refractivity contribution < 1.29 is 9.53 Å². The molecule has 0 aromatic rings. The number of amides is 1. The van der Waals surface area contributed by atoms with Gasteiger partial charge in [0, 0.05) is 32.7 Å². The second-order valence-corrected chi connectivity index (χ2v) is 5.15. The summed E-state index contributed by atoms with van der Waals surface area (Å²) < 4.78 is 5.51. The Morgan fingerprint density at radius 2 is 1.94 bits per heavy atom. The van der Waals surface area contributed by atoms with Gasteiger partial charge < -0.3 is 15.0 Å². The first-order valence-electron chi connectivity index (χ1n) is 6.83. The van der Waals surface area contributed by atoms with Crippen LogP contribution in [0.1, 0.15) is 20.8 Å². The molecule has 0 bridgehead atoms. The third kappa shape index (κ3) is 4.92. The molecule has 1 fully saturated rings. The molecular weight excluding hydrogens is 230 g/mol. The Bertz CT molecular complexity index is 253. The van der Waals surface area contributed by atoms with Crippen molar-refractivity contribution in [3.05, 3.63) is 0 Å². The van der Waals surface area contributed by atoms with Crippen molar-refractivity contribution in [2.75, 3.05) is 46.4 Å². The van der Waals surface area contributed by atoms with Gasteiger partial charge in [0.05, 0.1) is 18.8 Å². The molecule has 1 aliphatic heterocycles. The van der Waals surface area contributed by atoms with Gasteiger partial charge in [-0.2, -0.15) is 0 Å². The van der Waals surface area contributed by atoms with E-state index in [1.54, 1.807) is 0 Å². The van der Waals surface area contributed by atoms with E-state index in [2.05, 4.69) is 10.2 Å². The van der Waals surface area contributed by atoms with E-state index in [4.69, 9.17) is 4.74 Å². The Kier molecular flexibility index (Phi) is 6.60. The Balaban J connectivity index is 2.32. The second-order valence-electron chi connectivity index (χ2n) is 5.15. The minimum Gasteiger partial charge on any atom is -0.377 e. The summed E-state index contributed by atoms with van der Waals surface area (Å²) in [4.78, 5) is 16.3. The van der Waals surface area contributed by atoms with Gasteiger partial charge in [-0.25, -0.2) is 0 Å². The predicted octanol–water partition coefficient (Wildman–Crippen LogP) is 0.164. The first kappa shape index (κ1) is 15.4. The van der Waals surface area contributed by atoms with E-state index in [-0.39, 0.29) is 18.1 Å². The van der Waals surface area contributed by atoms with Crippen LogP contribution in [-0.4, -0.2) is 74.2 Å². The van der Waals surface area contributed by atoms with Crippen LogP contribution in [0.4, 0.5) is 0 Å². The average molecular weight is 257 g/mol. The topological polar surface area (TPSA) is 44.8 Å². The zero-order chi connectivity index (χ0) is 13.5. The summed E-state index contributed by atoms with van der Waals surface area (Å²) >= 11 is 0. The van der Waals surface area contributed by atoms with Crippen LogP contribution in [0.5, 0.6) is 0 Å². The van der Waals surface area contributed by atoms with E-state index in [1.807, 2.05) is 32.7 Å². The summed E-state index contributed by atoms with van der Waals surface area (Å²) in [6.45, 7) is 10.9. The highest BCUT2D eigenvalue weighted by Gasteiger charge is 2.24. The number of carbonyl (C=O) groups is 1. The largest absolute Gasteiger partial charge is 0.377 e. The average Bonchev–Trinajstić information content (AvgIpc) is 2.37. The predicted molar refractivity (Wildman–Crippen MR) is 72.6 cm³/mol. The van der Waals surface area contributed by atoms with Gasteiger partial charge in [0.1, 0.15) is 0 Å². The van der Waals surface area contributed by atoms with E-state index >= 15 is 0 Å². The highest BCUT2D eigenvalue weighted by Crippen LogP contribution is 2.03. The molecule has 1 N–H and O–H groups in total. The highest BCUT2D eigenvalue weighted by molar-refractivity contribution is 5.81. The smallest absolute Gasteiger partial charge is 0.239 e. The second kappa shape index (κ2) is 7.71. The number of nitrogens with zero attached hydrogens (tertiary/aromatic N) is 2. The Morgan fingerprint density at radius 3 is 2.50 bits per heavy atom. The summed E-state index contributed by atoms with van der Waals surface area (Å²) in [6, 6.07) is -0.0705. The molecule has 1 aliphatic rings. The third-order valence-electron chi connectivity index (χ3n) is 3.34. The minimum atomic E-state index is -0.0705. The molecule has 106 valence electrons. The lowest BCUT2D eigenvalue weighted by Crippen LogP contribution is -2.52. The van der Waals surface area contributed by atoms with Gasteiger partial charge in [-0.15, -0.1) is 0 Å². The lowest BCUT2D eigenvalue weighted by molar-refractivity contribution is -0.136. The zero-order valence-electron chi connectivity index (χ0n) is 12.1. The molecule has 1 atom stereocenters. The van der Waals surface area contributed by atoms with Crippen LogP contribution in [0.2, 0.25) is 0 Å². The van der Waals surface area contributed by atoms with Crippen molar-refractivity contribution in [3.8, 4) is 0 Å². The van der Waals surface area contributed by atoms with Gasteiger partial charge in [0.15, 0.2) is 0 Å². The molecule has 0 aliphatic carbocycles. The van der Waals surface area contributed by atoms with Gasteiger partial charge in [0.25, 0.3) is 0 Å². The Hall–Kier alpha value is -0.650. The van der Waals surface area contributed by atoms with Crippen LogP contribution in [0.15, 0.2) is 0 Å². The number of ether oxygens (including phenoxy) is 1. The van der Waals surface area contributed by atoms with E-state index < -0.39 is 0 Å². The van der Waals surface area contributed by atoms with Crippen molar-refractivity contribution in [3.63, 3.8) is 0 Å². The molecule has 0 aromatic carbocycles. The number of hydrogen-bond donors (Lipinski definition) is 1. The van der Waals surface area contributed by atoms with Gasteiger partial charge in [-0.3, -0.25) is 9.69 Å².